The van der Waals surface area contributed by atoms with Crippen molar-refractivity contribution < 1.29 is 18.7 Å². The molecule has 138 valence electrons. The molecule has 2 rings (SSSR count). The smallest absolute Gasteiger partial charge is 0.411 e. The normalized spacial score (nSPS) is 20.6. The first kappa shape index (κ1) is 20.1. The summed E-state index contributed by atoms with van der Waals surface area (Å²) in [4.78, 5) is 30.0. The molecule has 0 aliphatic carbocycles. The Hall–Kier alpha value is -1.21. The van der Waals surface area contributed by atoms with E-state index in [0.717, 1.165) is 5.56 Å². The highest BCUT2D eigenvalue weighted by atomic mass is 79.9. The lowest BCUT2D eigenvalue weighted by atomic mass is 10.0. The molecular formula is C17H21BrClFN2O3. The van der Waals surface area contributed by atoms with E-state index < -0.39 is 23.9 Å². The molecule has 1 aromatic rings. The number of Topliss-reactive ketones (excluding diaryl/α,β-unsaturated/α-hetero) is 1. The van der Waals surface area contributed by atoms with Crippen LogP contribution in [-0.4, -0.2) is 46.1 Å². The lowest BCUT2D eigenvalue weighted by Gasteiger charge is -2.27. The van der Waals surface area contributed by atoms with Gasteiger partial charge in [-0.1, -0.05) is 11.6 Å². The Morgan fingerprint density at radius 2 is 2.12 bits per heavy atom. The monoisotopic (exact) mass is 434 g/mol. The second kappa shape index (κ2) is 7.99. The molecule has 1 fully saturated rings. The van der Waals surface area contributed by atoms with E-state index in [2.05, 4.69) is 20.9 Å². The zero-order valence-corrected chi connectivity index (χ0v) is 16.7. The molecule has 0 unspecified atom stereocenters. The predicted molar refractivity (Wildman–Crippen MR) is 96.5 cm³/mol. The molecule has 0 bridgehead atoms. The summed E-state index contributed by atoms with van der Waals surface area (Å²) in [7, 11) is 0. The number of aromatic nitrogens is 1. The minimum Gasteiger partial charge on any atom is -0.444 e. The van der Waals surface area contributed by atoms with E-state index in [0.29, 0.717) is 16.2 Å². The number of aryl methyl sites for hydroxylation is 1. The summed E-state index contributed by atoms with van der Waals surface area (Å²) in [6.07, 6.45) is -1.23. The minimum absolute atomic E-state index is 0.0128. The van der Waals surface area contributed by atoms with Crippen molar-refractivity contribution in [3.8, 4) is 0 Å². The Kier molecular flexibility index (Phi) is 6.43. The molecule has 0 saturated carbocycles. The fourth-order valence-corrected chi connectivity index (χ4v) is 3.52. The van der Waals surface area contributed by atoms with E-state index in [1.54, 1.807) is 32.9 Å². The largest absolute Gasteiger partial charge is 0.444 e. The van der Waals surface area contributed by atoms with Crippen molar-refractivity contribution >= 4 is 39.4 Å². The van der Waals surface area contributed by atoms with Gasteiger partial charge in [0.05, 0.1) is 12.6 Å². The standard InChI is InChI=1S/C17H21BrClFN2O3/c1-17(2,3)25-16(24)22-9-11(20)8-12(22)13(23)5-4-10-6-14(18)21-15(19)7-10/h6-7,11-12H,4-5,8-9H2,1-3H3/t11-,12+/m1/s1. The van der Waals surface area contributed by atoms with Crippen molar-refractivity contribution in [1.29, 1.82) is 0 Å². The number of hydrogen-bond acceptors (Lipinski definition) is 4. The lowest BCUT2D eigenvalue weighted by Crippen LogP contribution is -2.43. The van der Waals surface area contributed by atoms with Crippen LogP contribution in [0.3, 0.4) is 0 Å². The number of halogens is 3. The average Bonchev–Trinajstić information content (AvgIpc) is 2.84. The highest BCUT2D eigenvalue weighted by Crippen LogP contribution is 2.25. The first-order valence-electron chi connectivity index (χ1n) is 8.03. The number of amides is 1. The fraction of sp³-hybridized carbons (Fsp3) is 0.588. The third kappa shape index (κ3) is 5.92. The molecule has 0 radical (unpaired) electrons. The zero-order valence-electron chi connectivity index (χ0n) is 14.4. The van der Waals surface area contributed by atoms with Gasteiger partial charge in [0.25, 0.3) is 0 Å². The van der Waals surface area contributed by atoms with Gasteiger partial charge in [-0.25, -0.2) is 14.2 Å². The summed E-state index contributed by atoms with van der Waals surface area (Å²) in [6.45, 7) is 5.08. The number of ketones is 1. The summed E-state index contributed by atoms with van der Waals surface area (Å²) < 4.78 is 19.7. The molecule has 1 aromatic heterocycles. The molecule has 0 aromatic carbocycles. The van der Waals surface area contributed by atoms with Crippen molar-refractivity contribution in [2.75, 3.05) is 6.54 Å². The summed E-state index contributed by atoms with van der Waals surface area (Å²) in [5, 5.41) is 0.330. The van der Waals surface area contributed by atoms with E-state index in [9.17, 15) is 14.0 Å². The van der Waals surface area contributed by atoms with Crippen molar-refractivity contribution in [3.63, 3.8) is 0 Å². The van der Waals surface area contributed by atoms with Gasteiger partial charge in [0.1, 0.15) is 21.5 Å². The van der Waals surface area contributed by atoms with Gasteiger partial charge in [-0.05, 0) is 60.8 Å². The molecule has 0 spiro atoms. The van der Waals surface area contributed by atoms with Gasteiger partial charge >= 0.3 is 6.09 Å². The highest BCUT2D eigenvalue weighted by Gasteiger charge is 2.41. The molecule has 1 amide bonds. The van der Waals surface area contributed by atoms with Crippen molar-refractivity contribution in [2.24, 2.45) is 0 Å². The lowest BCUT2D eigenvalue weighted by molar-refractivity contribution is -0.123. The number of rotatable bonds is 4. The second-order valence-electron chi connectivity index (χ2n) is 7.07. The summed E-state index contributed by atoms with van der Waals surface area (Å²) in [5.41, 5.74) is 0.151. The second-order valence-corrected chi connectivity index (χ2v) is 8.27. The molecule has 8 heteroatoms. The van der Waals surface area contributed by atoms with E-state index >= 15 is 0 Å². The number of alkyl halides is 1. The number of nitrogens with zero attached hydrogens (tertiary/aromatic N) is 2. The van der Waals surface area contributed by atoms with Crippen LogP contribution in [0, 0.1) is 0 Å². The minimum atomic E-state index is -1.22. The van der Waals surface area contributed by atoms with Crippen LogP contribution in [0.5, 0.6) is 0 Å². The number of carbonyl (C=O) groups excluding carboxylic acids is 2. The van der Waals surface area contributed by atoms with E-state index in [-0.39, 0.29) is 25.2 Å². The number of ether oxygens (including phenoxy) is 1. The molecule has 25 heavy (non-hydrogen) atoms. The third-order valence-corrected chi connectivity index (χ3v) is 4.33. The maximum atomic E-state index is 13.8. The average molecular weight is 436 g/mol. The van der Waals surface area contributed by atoms with Gasteiger partial charge in [0, 0.05) is 12.8 Å². The summed E-state index contributed by atoms with van der Waals surface area (Å²) >= 11 is 9.14. The molecule has 1 aliphatic heterocycles. The Bertz CT molecular complexity index is 646. The van der Waals surface area contributed by atoms with Gasteiger partial charge in [0.2, 0.25) is 0 Å². The molecule has 2 atom stereocenters. The van der Waals surface area contributed by atoms with Crippen molar-refractivity contribution in [2.45, 2.75) is 57.8 Å². The van der Waals surface area contributed by atoms with Gasteiger partial charge in [0.15, 0.2) is 5.78 Å². The predicted octanol–water partition coefficient (Wildman–Crippen LogP) is 4.35. The van der Waals surface area contributed by atoms with Gasteiger partial charge in [-0.15, -0.1) is 0 Å². The van der Waals surface area contributed by atoms with Crippen LogP contribution in [0.25, 0.3) is 0 Å². The van der Waals surface area contributed by atoms with E-state index in [1.807, 2.05) is 0 Å². The number of carbonyl (C=O) groups is 2. The van der Waals surface area contributed by atoms with E-state index in [1.165, 1.54) is 4.90 Å². The Balaban J connectivity index is 2.02. The van der Waals surface area contributed by atoms with Gasteiger partial charge in [-0.3, -0.25) is 9.69 Å². The molecule has 1 aliphatic rings. The van der Waals surface area contributed by atoms with Crippen LogP contribution in [0.1, 0.15) is 39.2 Å². The highest BCUT2D eigenvalue weighted by molar-refractivity contribution is 9.10. The summed E-state index contributed by atoms with van der Waals surface area (Å²) in [5.74, 6) is -0.185. The molecule has 0 N–H and O–H groups in total. The number of pyridine rings is 1. The SMILES string of the molecule is CC(C)(C)OC(=O)N1C[C@H](F)C[C@H]1C(=O)CCc1cc(Cl)nc(Br)c1. The number of hydrogen-bond donors (Lipinski definition) is 0. The molecular weight excluding hydrogens is 415 g/mol. The van der Waals surface area contributed by atoms with Crippen LogP contribution in [0.2, 0.25) is 5.15 Å². The Morgan fingerprint density at radius 3 is 2.72 bits per heavy atom. The molecule has 1 saturated heterocycles. The maximum absolute atomic E-state index is 13.8. The molecule has 5 nitrogen and oxygen atoms in total. The van der Waals surface area contributed by atoms with Crippen LogP contribution < -0.4 is 0 Å². The van der Waals surface area contributed by atoms with Crippen LogP contribution in [-0.2, 0) is 16.0 Å². The Morgan fingerprint density at radius 1 is 1.44 bits per heavy atom. The quantitative estimate of drug-likeness (QED) is 0.660. The first-order valence-corrected chi connectivity index (χ1v) is 9.20. The first-order chi connectivity index (χ1) is 11.5. The summed E-state index contributed by atoms with van der Waals surface area (Å²) in [6, 6.07) is 2.67. The Labute approximate surface area is 160 Å². The van der Waals surface area contributed by atoms with E-state index in [4.69, 9.17) is 16.3 Å². The van der Waals surface area contributed by atoms with Gasteiger partial charge < -0.3 is 4.74 Å². The maximum Gasteiger partial charge on any atom is 0.411 e. The van der Waals surface area contributed by atoms with Crippen molar-refractivity contribution in [1.82, 2.24) is 9.88 Å². The van der Waals surface area contributed by atoms with Crippen LogP contribution in [0.15, 0.2) is 16.7 Å². The topological polar surface area (TPSA) is 59.5 Å². The zero-order chi connectivity index (χ0) is 18.8. The fourth-order valence-electron chi connectivity index (χ4n) is 2.70. The third-order valence-electron chi connectivity index (χ3n) is 3.73. The van der Waals surface area contributed by atoms with Crippen LogP contribution >= 0.6 is 27.5 Å². The molecule has 2 heterocycles. The van der Waals surface area contributed by atoms with Crippen LogP contribution in [0.4, 0.5) is 9.18 Å². The van der Waals surface area contributed by atoms with Crippen molar-refractivity contribution in [3.05, 3.63) is 27.5 Å². The van der Waals surface area contributed by atoms with Gasteiger partial charge in [-0.2, -0.15) is 0 Å². The number of likely N-dealkylation sites (tertiary alicyclic amines) is 1.